The van der Waals surface area contributed by atoms with Crippen molar-refractivity contribution in [3.63, 3.8) is 0 Å². The minimum atomic E-state index is 0.122. The molecule has 26 heavy (non-hydrogen) atoms. The number of hydrogen-bond donors (Lipinski definition) is 2. The number of aryl methyl sites for hydroxylation is 2. The van der Waals surface area contributed by atoms with Crippen molar-refractivity contribution in [2.45, 2.75) is 46.1 Å². The Labute approximate surface area is 159 Å². The van der Waals surface area contributed by atoms with Gasteiger partial charge in [0.2, 0.25) is 0 Å². The fourth-order valence-electron chi connectivity index (χ4n) is 3.10. The van der Waals surface area contributed by atoms with E-state index in [4.69, 9.17) is 14.7 Å². The van der Waals surface area contributed by atoms with E-state index in [1.807, 2.05) is 12.1 Å². The van der Waals surface area contributed by atoms with Crippen molar-refractivity contribution in [3.8, 4) is 5.75 Å². The van der Waals surface area contributed by atoms with E-state index < -0.39 is 0 Å². The van der Waals surface area contributed by atoms with Crippen LogP contribution in [0, 0.1) is 6.92 Å². The maximum atomic E-state index is 5.97. The fourth-order valence-corrected chi connectivity index (χ4v) is 4.12. The third-order valence-electron chi connectivity index (χ3n) is 4.41. The van der Waals surface area contributed by atoms with Gasteiger partial charge in [-0.2, -0.15) is 0 Å². The van der Waals surface area contributed by atoms with Gasteiger partial charge in [-0.3, -0.25) is 0 Å². The lowest BCUT2D eigenvalue weighted by molar-refractivity contribution is 0.241. The first-order chi connectivity index (χ1) is 12.7. The number of aromatic nitrogens is 1. The average molecular weight is 373 g/mol. The van der Waals surface area contributed by atoms with Gasteiger partial charge in [-0.05, 0) is 31.9 Å². The first kappa shape index (κ1) is 18.7. The van der Waals surface area contributed by atoms with E-state index >= 15 is 0 Å². The summed E-state index contributed by atoms with van der Waals surface area (Å²) >= 11 is 1.80. The second kappa shape index (κ2) is 9.03. The van der Waals surface area contributed by atoms with Crippen LogP contribution in [0.2, 0.25) is 0 Å². The number of nitrogens with zero attached hydrogens (tertiary/aromatic N) is 2. The molecular weight excluding hydrogens is 344 g/mol. The normalized spacial score (nSPS) is 16.3. The summed E-state index contributed by atoms with van der Waals surface area (Å²) in [7, 11) is 0. The lowest BCUT2D eigenvalue weighted by Crippen LogP contribution is -2.39. The number of hydrogen-bond acceptors (Lipinski definition) is 4. The number of benzene rings is 1. The van der Waals surface area contributed by atoms with Crippen LogP contribution >= 0.6 is 11.3 Å². The SMILES string of the molecule is CCNC(=NCC1Cc2ccccc2O1)NCCc1nc(CC)c(C)s1. The van der Waals surface area contributed by atoms with Gasteiger partial charge in [0.15, 0.2) is 5.96 Å². The summed E-state index contributed by atoms with van der Waals surface area (Å²) in [6, 6.07) is 8.23. The minimum Gasteiger partial charge on any atom is -0.488 e. The Bertz CT molecular complexity index is 731. The van der Waals surface area contributed by atoms with Crippen molar-refractivity contribution in [2.75, 3.05) is 19.6 Å². The molecule has 1 aromatic carbocycles. The number of rotatable bonds is 7. The first-order valence-corrected chi connectivity index (χ1v) is 10.2. The molecule has 0 amide bonds. The zero-order valence-corrected chi connectivity index (χ0v) is 16.7. The van der Waals surface area contributed by atoms with Crippen molar-refractivity contribution in [1.29, 1.82) is 0 Å². The molecule has 0 radical (unpaired) electrons. The summed E-state index contributed by atoms with van der Waals surface area (Å²) in [6.45, 7) is 8.71. The predicted molar refractivity (Wildman–Crippen MR) is 108 cm³/mol. The number of fused-ring (bicyclic) bond motifs is 1. The molecule has 5 nitrogen and oxygen atoms in total. The van der Waals surface area contributed by atoms with E-state index in [2.05, 4.69) is 43.5 Å². The Morgan fingerprint density at radius 1 is 1.31 bits per heavy atom. The van der Waals surface area contributed by atoms with Crippen LogP contribution < -0.4 is 15.4 Å². The Balaban J connectivity index is 1.49. The number of nitrogens with one attached hydrogen (secondary N) is 2. The zero-order valence-electron chi connectivity index (χ0n) is 15.8. The van der Waals surface area contributed by atoms with Crippen molar-refractivity contribution >= 4 is 17.3 Å². The van der Waals surface area contributed by atoms with Crippen LogP contribution in [-0.4, -0.2) is 36.7 Å². The molecule has 0 spiro atoms. The molecule has 0 saturated heterocycles. The molecule has 1 aliphatic rings. The van der Waals surface area contributed by atoms with Gasteiger partial charge < -0.3 is 15.4 Å². The van der Waals surface area contributed by atoms with E-state index in [0.717, 1.165) is 44.1 Å². The Hall–Kier alpha value is -2.08. The highest BCUT2D eigenvalue weighted by Gasteiger charge is 2.21. The van der Waals surface area contributed by atoms with Crippen LogP contribution in [-0.2, 0) is 19.3 Å². The second-order valence-corrected chi connectivity index (χ2v) is 7.70. The van der Waals surface area contributed by atoms with Gasteiger partial charge in [-0.1, -0.05) is 25.1 Å². The molecule has 1 unspecified atom stereocenters. The Morgan fingerprint density at radius 3 is 2.88 bits per heavy atom. The third kappa shape index (κ3) is 4.75. The van der Waals surface area contributed by atoms with Crippen molar-refractivity contribution < 1.29 is 4.74 Å². The zero-order chi connectivity index (χ0) is 18.4. The summed E-state index contributed by atoms with van der Waals surface area (Å²) in [5.41, 5.74) is 2.50. The standard InChI is InChI=1S/C20H28N4OS/c1-4-17-14(3)26-19(24-17)10-11-22-20(21-5-2)23-13-16-12-15-8-6-7-9-18(15)25-16/h6-9,16H,4-5,10-13H2,1-3H3,(H2,21,22,23). The van der Waals surface area contributed by atoms with Crippen LogP contribution in [0.1, 0.15) is 35.0 Å². The summed E-state index contributed by atoms with van der Waals surface area (Å²) in [5.74, 6) is 1.84. The first-order valence-electron chi connectivity index (χ1n) is 9.41. The highest BCUT2D eigenvalue weighted by atomic mass is 32.1. The Morgan fingerprint density at radius 2 is 2.15 bits per heavy atom. The van der Waals surface area contributed by atoms with E-state index in [9.17, 15) is 0 Å². The molecule has 1 atom stereocenters. The molecule has 2 aromatic rings. The Kier molecular flexibility index (Phi) is 6.50. The average Bonchev–Trinajstić information content (AvgIpc) is 3.22. The van der Waals surface area contributed by atoms with Crippen LogP contribution in [0.4, 0.5) is 0 Å². The van der Waals surface area contributed by atoms with Crippen LogP contribution in [0.25, 0.3) is 0 Å². The number of aliphatic imine (C=N–C) groups is 1. The maximum Gasteiger partial charge on any atom is 0.191 e. The maximum absolute atomic E-state index is 5.97. The lowest BCUT2D eigenvalue weighted by Gasteiger charge is -2.13. The number of guanidine groups is 1. The summed E-state index contributed by atoms with van der Waals surface area (Å²) in [5, 5.41) is 7.91. The van der Waals surface area contributed by atoms with E-state index in [1.165, 1.54) is 21.1 Å². The second-order valence-electron chi connectivity index (χ2n) is 6.41. The molecule has 0 saturated carbocycles. The molecule has 0 aliphatic carbocycles. The smallest absolute Gasteiger partial charge is 0.191 e. The number of ether oxygens (including phenoxy) is 1. The summed E-state index contributed by atoms with van der Waals surface area (Å²) < 4.78 is 5.97. The molecule has 3 rings (SSSR count). The van der Waals surface area contributed by atoms with E-state index in [-0.39, 0.29) is 6.10 Å². The van der Waals surface area contributed by atoms with Gasteiger partial charge in [-0.15, -0.1) is 11.3 Å². The van der Waals surface area contributed by atoms with Gasteiger partial charge >= 0.3 is 0 Å². The fraction of sp³-hybridized carbons (Fsp3) is 0.500. The summed E-state index contributed by atoms with van der Waals surface area (Å²) in [6.07, 6.45) is 2.97. The highest BCUT2D eigenvalue weighted by molar-refractivity contribution is 7.11. The molecule has 1 aliphatic heterocycles. The van der Waals surface area contributed by atoms with Crippen molar-refractivity contribution in [1.82, 2.24) is 15.6 Å². The minimum absolute atomic E-state index is 0.122. The number of thiazole rings is 1. The van der Waals surface area contributed by atoms with Crippen LogP contribution in [0.15, 0.2) is 29.3 Å². The van der Waals surface area contributed by atoms with Gasteiger partial charge in [0.1, 0.15) is 11.9 Å². The molecule has 0 fully saturated rings. The van der Waals surface area contributed by atoms with Crippen molar-refractivity contribution in [2.24, 2.45) is 4.99 Å². The lowest BCUT2D eigenvalue weighted by atomic mass is 10.1. The molecule has 2 N–H and O–H groups in total. The molecule has 0 bridgehead atoms. The van der Waals surface area contributed by atoms with E-state index in [1.54, 1.807) is 11.3 Å². The van der Waals surface area contributed by atoms with Gasteiger partial charge in [0, 0.05) is 30.8 Å². The largest absolute Gasteiger partial charge is 0.488 e. The van der Waals surface area contributed by atoms with Gasteiger partial charge in [-0.25, -0.2) is 9.98 Å². The molecule has 2 heterocycles. The predicted octanol–water partition coefficient (Wildman–Crippen LogP) is 3.12. The molecular formula is C20H28N4OS. The molecule has 140 valence electrons. The quantitative estimate of drug-likeness (QED) is 0.579. The van der Waals surface area contributed by atoms with Crippen molar-refractivity contribution in [3.05, 3.63) is 45.4 Å². The van der Waals surface area contributed by atoms with Gasteiger partial charge in [0.05, 0.1) is 17.2 Å². The molecule has 1 aromatic heterocycles. The topological polar surface area (TPSA) is 58.5 Å². The van der Waals surface area contributed by atoms with Crippen LogP contribution in [0.3, 0.4) is 0 Å². The third-order valence-corrected chi connectivity index (χ3v) is 5.49. The highest BCUT2D eigenvalue weighted by Crippen LogP contribution is 2.28. The molecule has 6 heteroatoms. The number of para-hydroxylation sites is 1. The van der Waals surface area contributed by atoms with Gasteiger partial charge in [0.25, 0.3) is 0 Å². The monoisotopic (exact) mass is 372 g/mol. The summed E-state index contributed by atoms with van der Waals surface area (Å²) in [4.78, 5) is 10.7. The van der Waals surface area contributed by atoms with E-state index in [0.29, 0.717) is 6.54 Å². The van der Waals surface area contributed by atoms with Crippen LogP contribution in [0.5, 0.6) is 5.75 Å².